The van der Waals surface area contributed by atoms with Crippen molar-refractivity contribution < 1.29 is 14.7 Å². The van der Waals surface area contributed by atoms with Crippen molar-refractivity contribution in [3.05, 3.63) is 35.4 Å². The molecule has 0 spiro atoms. The van der Waals surface area contributed by atoms with Crippen molar-refractivity contribution in [1.82, 2.24) is 15.1 Å². The fourth-order valence-corrected chi connectivity index (χ4v) is 4.66. The van der Waals surface area contributed by atoms with E-state index in [0.29, 0.717) is 26.1 Å². The SMILES string of the molecule is CCc1ccc(C(CNC(=O)N2C[C@@H]3CCC[C@@]3(C(=O)O)C2)N(C)C)cc1. The molecule has 0 bridgehead atoms. The maximum absolute atomic E-state index is 12.7. The number of urea groups is 1. The standard InChI is InChI=1S/C21H31N3O3/c1-4-15-7-9-16(10-8-15)18(23(2)3)12-22-20(27)24-13-17-6-5-11-21(17,14-24)19(25)26/h7-10,17-18H,4-6,11-14H2,1-3H3,(H,22,27)(H,25,26)/t17-,18?,21+/m0/s1. The second-order valence-corrected chi connectivity index (χ2v) is 8.19. The lowest BCUT2D eigenvalue weighted by atomic mass is 9.81. The van der Waals surface area contributed by atoms with Crippen LogP contribution in [0.4, 0.5) is 4.79 Å². The fourth-order valence-electron chi connectivity index (χ4n) is 4.66. The van der Waals surface area contributed by atoms with Crippen molar-refractivity contribution in [2.24, 2.45) is 11.3 Å². The minimum atomic E-state index is -0.748. The van der Waals surface area contributed by atoms with Gasteiger partial charge in [-0.15, -0.1) is 0 Å². The van der Waals surface area contributed by atoms with Crippen LogP contribution in [0.5, 0.6) is 0 Å². The molecule has 6 nitrogen and oxygen atoms in total. The molecule has 0 radical (unpaired) electrons. The average molecular weight is 373 g/mol. The minimum absolute atomic E-state index is 0.0791. The van der Waals surface area contributed by atoms with Gasteiger partial charge < -0.3 is 20.2 Å². The molecule has 1 heterocycles. The molecule has 148 valence electrons. The van der Waals surface area contributed by atoms with Gasteiger partial charge in [0, 0.05) is 19.6 Å². The summed E-state index contributed by atoms with van der Waals surface area (Å²) < 4.78 is 0. The van der Waals surface area contributed by atoms with Crippen molar-refractivity contribution in [2.45, 2.75) is 38.6 Å². The molecular weight excluding hydrogens is 342 g/mol. The van der Waals surface area contributed by atoms with Crippen molar-refractivity contribution >= 4 is 12.0 Å². The number of likely N-dealkylation sites (N-methyl/N-ethyl adjacent to an activating group) is 1. The number of nitrogens with one attached hydrogen (secondary N) is 1. The first-order chi connectivity index (χ1) is 12.9. The lowest BCUT2D eigenvalue weighted by molar-refractivity contribution is -0.149. The average Bonchev–Trinajstić information content (AvgIpc) is 3.20. The van der Waals surface area contributed by atoms with E-state index in [-0.39, 0.29) is 18.0 Å². The smallest absolute Gasteiger partial charge is 0.317 e. The molecule has 1 aliphatic heterocycles. The Balaban J connectivity index is 1.62. The molecule has 2 fully saturated rings. The summed E-state index contributed by atoms with van der Waals surface area (Å²) >= 11 is 0. The van der Waals surface area contributed by atoms with Gasteiger partial charge in [-0.25, -0.2) is 4.79 Å². The predicted molar refractivity (Wildman–Crippen MR) is 105 cm³/mol. The van der Waals surface area contributed by atoms with Gasteiger partial charge in [0.05, 0.1) is 11.5 Å². The quantitative estimate of drug-likeness (QED) is 0.804. The van der Waals surface area contributed by atoms with Crippen LogP contribution >= 0.6 is 0 Å². The zero-order valence-corrected chi connectivity index (χ0v) is 16.6. The number of aliphatic carboxylic acids is 1. The van der Waals surface area contributed by atoms with Gasteiger partial charge in [0.1, 0.15) is 0 Å². The van der Waals surface area contributed by atoms with Crippen molar-refractivity contribution in [3.8, 4) is 0 Å². The lowest BCUT2D eigenvalue weighted by Crippen LogP contribution is -2.44. The summed E-state index contributed by atoms with van der Waals surface area (Å²) in [6.07, 6.45) is 3.54. The summed E-state index contributed by atoms with van der Waals surface area (Å²) in [5.74, 6) is -0.658. The van der Waals surface area contributed by atoms with Crippen molar-refractivity contribution in [2.75, 3.05) is 33.7 Å². The Hall–Kier alpha value is -2.08. The number of carboxylic acid groups (broad SMARTS) is 1. The highest BCUT2D eigenvalue weighted by Crippen LogP contribution is 2.48. The van der Waals surface area contributed by atoms with E-state index in [1.807, 2.05) is 14.1 Å². The Morgan fingerprint density at radius 1 is 1.33 bits per heavy atom. The number of fused-ring (bicyclic) bond motifs is 1. The van der Waals surface area contributed by atoms with Gasteiger partial charge in [0.15, 0.2) is 0 Å². The molecule has 6 heteroatoms. The minimum Gasteiger partial charge on any atom is -0.481 e. The number of likely N-dealkylation sites (tertiary alicyclic amines) is 1. The molecule has 3 atom stereocenters. The first-order valence-electron chi connectivity index (χ1n) is 9.89. The molecule has 3 rings (SSSR count). The first-order valence-corrected chi connectivity index (χ1v) is 9.89. The number of carbonyl (C=O) groups is 2. The maximum Gasteiger partial charge on any atom is 0.317 e. The topological polar surface area (TPSA) is 72.9 Å². The first kappa shape index (κ1) is 19.7. The van der Waals surface area contributed by atoms with Crippen LogP contribution in [0.1, 0.15) is 43.4 Å². The maximum atomic E-state index is 12.7. The molecule has 2 amide bonds. The monoisotopic (exact) mass is 373 g/mol. The molecule has 1 saturated heterocycles. The summed E-state index contributed by atoms with van der Waals surface area (Å²) in [6, 6.07) is 8.43. The highest BCUT2D eigenvalue weighted by atomic mass is 16.4. The van der Waals surface area contributed by atoms with E-state index in [4.69, 9.17) is 0 Å². The molecular formula is C21H31N3O3. The van der Waals surface area contributed by atoms with Gasteiger partial charge in [0.2, 0.25) is 0 Å². The van der Waals surface area contributed by atoms with E-state index in [0.717, 1.165) is 24.8 Å². The summed E-state index contributed by atoms with van der Waals surface area (Å²) in [4.78, 5) is 28.3. The second kappa shape index (κ2) is 7.89. The van der Waals surface area contributed by atoms with Crippen LogP contribution in [0.2, 0.25) is 0 Å². The molecule has 2 N–H and O–H groups in total. The molecule has 1 unspecified atom stereocenters. The summed E-state index contributed by atoms with van der Waals surface area (Å²) in [7, 11) is 4.01. The molecule has 0 aromatic heterocycles. The van der Waals surface area contributed by atoms with Crippen LogP contribution < -0.4 is 5.32 Å². The van der Waals surface area contributed by atoms with Gasteiger partial charge >= 0.3 is 12.0 Å². The van der Waals surface area contributed by atoms with Gasteiger partial charge in [-0.1, -0.05) is 37.6 Å². The summed E-state index contributed by atoms with van der Waals surface area (Å²) in [5.41, 5.74) is 1.73. The fraction of sp³-hybridized carbons (Fsp3) is 0.619. The Labute approximate surface area is 161 Å². The number of rotatable bonds is 6. The normalized spacial score (nSPS) is 25.5. The Kier molecular flexibility index (Phi) is 5.75. The van der Waals surface area contributed by atoms with Gasteiger partial charge in [-0.2, -0.15) is 0 Å². The van der Waals surface area contributed by atoms with Gasteiger partial charge in [0.25, 0.3) is 0 Å². The van der Waals surface area contributed by atoms with E-state index in [1.54, 1.807) is 4.90 Å². The summed E-state index contributed by atoms with van der Waals surface area (Å²) in [6.45, 7) is 3.51. The number of benzene rings is 1. The number of aryl methyl sites for hydroxylation is 1. The number of hydrogen-bond donors (Lipinski definition) is 2. The third-order valence-electron chi connectivity index (χ3n) is 6.43. The molecule has 1 saturated carbocycles. The van der Waals surface area contributed by atoms with Crippen molar-refractivity contribution in [3.63, 3.8) is 0 Å². The van der Waals surface area contributed by atoms with E-state index < -0.39 is 11.4 Å². The van der Waals surface area contributed by atoms with E-state index in [9.17, 15) is 14.7 Å². The van der Waals surface area contributed by atoms with Crippen LogP contribution in [0.3, 0.4) is 0 Å². The van der Waals surface area contributed by atoms with Crippen LogP contribution in [0.25, 0.3) is 0 Å². The Morgan fingerprint density at radius 2 is 2.04 bits per heavy atom. The third kappa shape index (κ3) is 3.81. The third-order valence-corrected chi connectivity index (χ3v) is 6.43. The number of amides is 2. The Bertz CT molecular complexity index is 688. The highest BCUT2D eigenvalue weighted by molar-refractivity contribution is 5.80. The van der Waals surface area contributed by atoms with E-state index in [1.165, 1.54) is 5.56 Å². The second-order valence-electron chi connectivity index (χ2n) is 8.19. The van der Waals surface area contributed by atoms with Gasteiger partial charge in [-0.3, -0.25) is 4.79 Å². The molecule has 1 aromatic rings. The molecule has 1 aromatic carbocycles. The van der Waals surface area contributed by atoms with Crippen LogP contribution in [-0.2, 0) is 11.2 Å². The Morgan fingerprint density at radius 3 is 2.59 bits per heavy atom. The molecule has 27 heavy (non-hydrogen) atoms. The summed E-state index contributed by atoms with van der Waals surface area (Å²) in [5, 5.41) is 12.7. The largest absolute Gasteiger partial charge is 0.481 e. The number of carboxylic acids is 1. The number of nitrogens with zero attached hydrogens (tertiary/aromatic N) is 2. The van der Waals surface area contributed by atoms with Crippen LogP contribution in [-0.4, -0.2) is 60.6 Å². The lowest BCUT2D eigenvalue weighted by Gasteiger charge is -2.27. The van der Waals surface area contributed by atoms with E-state index in [2.05, 4.69) is 41.4 Å². The number of carbonyl (C=O) groups excluding carboxylic acids is 1. The zero-order valence-electron chi connectivity index (χ0n) is 16.6. The van der Waals surface area contributed by atoms with Crippen LogP contribution in [0.15, 0.2) is 24.3 Å². The zero-order chi connectivity index (χ0) is 19.6. The van der Waals surface area contributed by atoms with Gasteiger partial charge in [-0.05, 0) is 50.4 Å². The van der Waals surface area contributed by atoms with Crippen LogP contribution in [0, 0.1) is 11.3 Å². The predicted octanol–water partition coefficient (Wildman–Crippen LogP) is 2.75. The number of hydrogen-bond acceptors (Lipinski definition) is 3. The molecule has 2 aliphatic rings. The highest BCUT2D eigenvalue weighted by Gasteiger charge is 2.55. The van der Waals surface area contributed by atoms with E-state index >= 15 is 0 Å². The molecule has 1 aliphatic carbocycles. The van der Waals surface area contributed by atoms with Crippen molar-refractivity contribution in [1.29, 1.82) is 0 Å².